The summed E-state index contributed by atoms with van der Waals surface area (Å²) >= 11 is 0. The molecule has 0 spiro atoms. The first-order chi connectivity index (χ1) is 6.43. The van der Waals surface area contributed by atoms with Gasteiger partial charge in [0.15, 0.2) is 5.79 Å². The summed E-state index contributed by atoms with van der Waals surface area (Å²) in [6, 6.07) is 0. The maximum atomic E-state index is 10.5. The van der Waals surface area contributed by atoms with Crippen molar-refractivity contribution < 1.29 is 57.2 Å². The molecule has 1 aliphatic rings. The Morgan fingerprint density at radius 2 is 1.93 bits per heavy atom. The van der Waals surface area contributed by atoms with Gasteiger partial charge in [-0.15, -0.1) is 0 Å². The minimum absolute atomic E-state index is 0. The van der Waals surface area contributed by atoms with Crippen LogP contribution in [0, 0.1) is 0 Å². The SMILES string of the molecule is CC1(C)OC(CO)CC(CC(=O)O)O1.[Y]. The number of aliphatic hydroxyl groups is 1. The fourth-order valence-electron chi connectivity index (χ4n) is 1.65. The Morgan fingerprint density at radius 3 is 2.40 bits per heavy atom. The van der Waals surface area contributed by atoms with Crippen LogP contribution >= 0.6 is 0 Å². The van der Waals surface area contributed by atoms with Crippen LogP contribution < -0.4 is 0 Å². The van der Waals surface area contributed by atoms with Crippen LogP contribution in [0.2, 0.25) is 0 Å². The summed E-state index contributed by atoms with van der Waals surface area (Å²) in [4.78, 5) is 10.5. The molecular formula is C9H16O5Y. The molecule has 1 rings (SSSR count). The molecule has 0 saturated carbocycles. The molecule has 1 heterocycles. The van der Waals surface area contributed by atoms with Gasteiger partial charge >= 0.3 is 5.97 Å². The van der Waals surface area contributed by atoms with Crippen molar-refractivity contribution in [2.24, 2.45) is 0 Å². The van der Waals surface area contributed by atoms with Gasteiger partial charge in [-0.3, -0.25) is 4.79 Å². The molecule has 2 unspecified atom stereocenters. The third-order valence-electron chi connectivity index (χ3n) is 2.03. The Bertz CT molecular complexity index is 219. The third-order valence-corrected chi connectivity index (χ3v) is 2.03. The Kier molecular flexibility index (Phi) is 6.44. The molecule has 6 heteroatoms. The summed E-state index contributed by atoms with van der Waals surface area (Å²) in [5.41, 5.74) is 0. The quantitative estimate of drug-likeness (QED) is 0.786. The number of hydrogen-bond acceptors (Lipinski definition) is 4. The van der Waals surface area contributed by atoms with Crippen LogP contribution in [0.5, 0.6) is 0 Å². The number of hydrogen-bond donors (Lipinski definition) is 2. The molecule has 2 N–H and O–H groups in total. The smallest absolute Gasteiger partial charge is 0.305 e. The van der Waals surface area contributed by atoms with Gasteiger partial charge in [0.2, 0.25) is 0 Å². The summed E-state index contributed by atoms with van der Waals surface area (Å²) in [7, 11) is 0. The van der Waals surface area contributed by atoms with Crippen molar-refractivity contribution in [1.82, 2.24) is 0 Å². The largest absolute Gasteiger partial charge is 0.481 e. The van der Waals surface area contributed by atoms with Crippen molar-refractivity contribution in [3.8, 4) is 0 Å². The minimum atomic E-state index is -0.899. The first-order valence-electron chi connectivity index (χ1n) is 4.61. The number of carbonyl (C=O) groups is 1. The summed E-state index contributed by atoms with van der Waals surface area (Å²) in [5, 5.41) is 17.6. The number of carboxylic acid groups (broad SMARTS) is 1. The Labute approximate surface area is 114 Å². The van der Waals surface area contributed by atoms with E-state index < -0.39 is 11.8 Å². The molecule has 0 aromatic carbocycles. The molecule has 0 aliphatic carbocycles. The molecule has 1 radical (unpaired) electrons. The van der Waals surface area contributed by atoms with Gasteiger partial charge in [0.25, 0.3) is 0 Å². The van der Waals surface area contributed by atoms with E-state index in [9.17, 15) is 4.79 Å². The van der Waals surface area contributed by atoms with E-state index in [-0.39, 0.29) is 57.9 Å². The number of rotatable bonds is 3. The van der Waals surface area contributed by atoms with Crippen LogP contribution in [0.15, 0.2) is 0 Å². The van der Waals surface area contributed by atoms with E-state index in [1.54, 1.807) is 13.8 Å². The molecule has 5 nitrogen and oxygen atoms in total. The second kappa shape index (κ2) is 6.25. The van der Waals surface area contributed by atoms with Crippen molar-refractivity contribution in [2.45, 2.75) is 44.7 Å². The topological polar surface area (TPSA) is 76.0 Å². The van der Waals surface area contributed by atoms with Crippen LogP contribution in [0.4, 0.5) is 0 Å². The zero-order chi connectivity index (χ0) is 10.8. The van der Waals surface area contributed by atoms with Crippen molar-refractivity contribution in [2.75, 3.05) is 6.61 Å². The van der Waals surface area contributed by atoms with E-state index in [1.807, 2.05) is 0 Å². The molecule has 15 heavy (non-hydrogen) atoms. The van der Waals surface area contributed by atoms with Crippen molar-refractivity contribution >= 4 is 5.97 Å². The fraction of sp³-hybridized carbons (Fsp3) is 0.889. The van der Waals surface area contributed by atoms with Crippen LogP contribution in [-0.2, 0) is 47.0 Å². The Hall–Kier alpha value is 0.454. The van der Waals surface area contributed by atoms with Crippen molar-refractivity contribution in [3.63, 3.8) is 0 Å². The van der Waals surface area contributed by atoms with Gasteiger partial charge in [-0.1, -0.05) is 0 Å². The summed E-state index contributed by atoms with van der Waals surface area (Å²) in [6.45, 7) is 3.32. The number of carboxylic acids is 1. The molecule has 0 bridgehead atoms. The van der Waals surface area contributed by atoms with E-state index >= 15 is 0 Å². The number of aliphatic carboxylic acids is 1. The van der Waals surface area contributed by atoms with Gasteiger partial charge in [0.1, 0.15) is 0 Å². The Balaban J connectivity index is 0.00000196. The van der Waals surface area contributed by atoms with Crippen LogP contribution in [-0.4, -0.2) is 40.8 Å². The zero-order valence-electron chi connectivity index (χ0n) is 8.97. The van der Waals surface area contributed by atoms with E-state index in [2.05, 4.69) is 0 Å². The van der Waals surface area contributed by atoms with Gasteiger partial charge in [0, 0.05) is 39.1 Å². The standard InChI is InChI=1S/C9H16O5.Y/c1-9(2)13-6(4-8(11)12)3-7(5-10)14-9;/h6-7,10H,3-5H2,1-2H3,(H,11,12);. The maximum Gasteiger partial charge on any atom is 0.305 e. The molecule has 1 saturated heterocycles. The molecule has 0 aromatic rings. The van der Waals surface area contributed by atoms with Crippen molar-refractivity contribution in [1.29, 1.82) is 0 Å². The van der Waals surface area contributed by atoms with Crippen LogP contribution in [0.3, 0.4) is 0 Å². The molecular weight excluding hydrogens is 277 g/mol. The van der Waals surface area contributed by atoms with Gasteiger partial charge < -0.3 is 19.7 Å². The predicted octanol–water partition coefficient (Wildman–Crippen LogP) is 0.361. The summed E-state index contributed by atoms with van der Waals surface area (Å²) in [6.07, 6.45) is -0.341. The van der Waals surface area contributed by atoms with E-state index in [1.165, 1.54) is 0 Å². The fourth-order valence-corrected chi connectivity index (χ4v) is 1.65. The molecule has 0 aromatic heterocycles. The molecule has 85 valence electrons. The second-order valence-corrected chi connectivity index (χ2v) is 3.90. The Morgan fingerprint density at radius 1 is 1.40 bits per heavy atom. The molecule has 2 atom stereocenters. The van der Waals surface area contributed by atoms with Crippen LogP contribution in [0.1, 0.15) is 26.7 Å². The van der Waals surface area contributed by atoms with Gasteiger partial charge in [-0.25, -0.2) is 0 Å². The van der Waals surface area contributed by atoms with E-state index in [0.29, 0.717) is 6.42 Å². The van der Waals surface area contributed by atoms with Gasteiger partial charge in [-0.2, -0.15) is 0 Å². The molecule has 0 amide bonds. The number of aliphatic hydroxyl groups excluding tert-OH is 1. The number of ether oxygens (including phenoxy) is 2. The summed E-state index contributed by atoms with van der Waals surface area (Å²) in [5.74, 6) is -1.71. The van der Waals surface area contributed by atoms with Gasteiger partial charge in [-0.05, 0) is 13.8 Å². The zero-order valence-corrected chi connectivity index (χ0v) is 11.8. The second-order valence-electron chi connectivity index (χ2n) is 3.90. The normalized spacial score (nSPS) is 29.3. The minimum Gasteiger partial charge on any atom is -0.481 e. The average molecular weight is 293 g/mol. The average Bonchev–Trinajstić information content (AvgIpc) is 1.99. The predicted molar refractivity (Wildman–Crippen MR) is 47.8 cm³/mol. The monoisotopic (exact) mass is 293 g/mol. The first-order valence-corrected chi connectivity index (χ1v) is 4.61. The maximum absolute atomic E-state index is 10.5. The van der Waals surface area contributed by atoms with Crippen LogP contribution in [0.25, 0.3) is 0 Å². The van der Waals surface area contributed by atoms with Gasteiger partial charge in [0.05, 0.1) is 25.2 Å². The van der Waals surface area contributed by atoms with Crippen molar-refractivity contribution in [3.05, 3.63) is 0 Å². The first kappa shape index (κ1) is 15.5. The third kappa shape index (κ3) is 5.36. The molecule has 1 fully saturated rings. The van der Waals surface area contributed by atoms with E-state index in [4.69, 9.17) is 19.7 Å². The van der Waals surface area contributed by atoms with E-state index in [0.717, 1.165) is 0 Å². The summed E-state index contributed by atoms with van der Waals surface area (Å²) < 4.78 is 10.8. The molecule has 1 aliphatic heterocycles.